The molecule has 128 valence electrons. The van der Waals surface area contributed by atoms with Gasteiger partial charge in [0.15, 0.2) is 5.13 Å². The number of nitro benzene ring substituents is 1. The second-order valence-electron chi connectivity index (χ2n) is 5.93. The summed E-state index contributed by atoms with van der Waals surface area (Å²) in [5.74, 6) is -0.148. The van der Waals surface area contributed by atoms with Gasteiger partial charge in [0.25, 0.3) is 5.69 Å². The fourth-order valence-electron chi connectivity index (χ4n) is 2.86. The quantitative estimate of drug-likeness (QED) is 0.671. The van der Waals surface area contributed by atoms with Crippen LogP contribution in [0.3, 0.4) is 0 Å². The third kappa shape index (κ3) is 3.86. The van der Waals surface area contributed by atoms with Gasteiger partial charge >= 0.3 is 0 Å². The maximum Gasteiger partial charge on any atom is 0.270 e. The SMILES string of the molecule is CC1CN(CC(=O)Nc2nc3ccc([N+](=O)[O-])cc3s2)CC(C)O1. The second-order valence-corrected chi connectivity index (χ2v) is 6.96. The summed E-state index contributed by atoms with van der Waals surface area (Å²) in [5.41, 5.74) is 0.648. The largest absolute Gasteiger partial charge is 0.373 e. The maximum atomic E-state index is 12.2. The van der Waals surface area contributed by atoms with E-state index >= 15 is 0 Å². The summed E-state index contributed by atoms with van der Waals surface area (Å²) in [6, 6.07) is 4.46. The molecule has 1 amide bonds. The predicted molar refractivity (Wildman–Crippen MR) is 91.4 cm³/mol. The molecule has 0 aliphatic carbocycles. The summed E-state index contributed by atoms with van der Waals surface area (Å²) in [6.07, 6.45) is 0.203. The van der Waals surface area contributed by atoms with Crippen molar-refractivity contribution in [3.05, 3.63) is 28.3 Å². The van der Waals surface area contributed by atoms with E-state index in [1.165, 1.54) is 23.5 Å². The Labute approximate surface area is 142 Å². The monoisotopic (exact) mass is 350 g/mol. The van der Waals surface area contributed by atoms with Crippen LogP contribution in [-0.4, -0.2) is 52.6 Å². The number of carbonyl (C=O) groups is 1. The number of nitro groups is 1. The minimum Gasteiger partial charge on any atom is -0.373 e. The van der Waals surface area contributed by atoms with Crippen LogP contribution in [0, 0.1) is 10.1 Å². The van der Waals surface area contributed by atoms with Crippen molar-refractivity contribution in [1.29, 1.82) is 0 Å². The van der Waals surface area contributed by atoms with Crippen LogP contribution in [0.15, 0.2) is 18.2 Å². The highest BCUT2D eigenvalue weighted by Crippen LogP contribution is 2.29. The first kappa shape index (κ1) is 16.7. The third-order valence-electron chi connectivity index (χ3n) is 3.69. The lowest BCUT2D eigenvalue weighted by atomic mass is 10.2. The molecule has 1 aromatic heterocycles. The van der Waals surface area contributed by atoms with Crippen molar-refractivity contribution >= 4 is 38.3 Å². The van der Waals surface area contributed by atoms with Crippen LogP contribution in [0.5, 0.6) is 0 Å². The van der Waals surface area contributed by atoms with Crippen LogP contribution in [0.4, 0.5) is 10.8 Å². The molecule has 0 spiro atoms. The van der Waals surface area contributed by atoms with Crippen molar-refractivity contribution in [1.82, 2.24) is 9.88 Å². The topological polar surface area (TPSA) is 97.6 Å². The molecule has 24 heavy (non-hydrogen) atoms. The predicted octanol–water partition coefficient (Wildman–Crippen LogP) is 2.25. The summed E-state index contributed by atoms with van der Waals surface area (Å²) in [6.45, 7) is 5.67. The van der Waals surface area contributed by atoms with Crippen LogP contribution in [0.25, 0.3) is 10.2 Å². The van der Waals surface area contributed by atoms with Crippen LogP contribution < -0.4 is 5.32 Å². The third-order valence-corrected chi connectivity index (χ3v) is 4.63. The zero-order valence-corrected chi connectivity index (χ0v) is 14.2. The molecule has 0 saturated carbocycles. The van der Waals surface area contributed by atoms with Gasteiger partial charge in [-0.1, -0.05) is 11.3 Å². The van der Waals surface area contributed by atoms with Gasteiger partial charge in [-0.3, -0.25) is 19.8 Å². The summed E-state index contributed by atoms with van der Waals surface area (Å²) in [7, 11) is 0. The first-order valence-corrected chi connectivity index (χ1v) is 8.45. The zero-order valence-electron chi connectivity index (χ0n) is 13.4. The Kier molecular flexibility index (Phi) is 4.74. The van der Waals surface area contributed by atoms with Gasteiger partial charge in [-0.15, -0.1) is 0 Å². The average Bonchev–Trinajstić information content (AvgIpc) is 2.86. The van der Waals surface area contributed by atoms with E-state index in [1.54, 1.807) is 6.07 Å². The Morgan fingerprint density at radius 1 is 1.46 bits per heavy atom. The first-order valence-electron chi connectivity index (χ1n) is 7.63. The molecule has 9 heteroatoms. The Balaban J connectivity index is 1.66. The molecule has 2 unspecified atom stereocenters. The lowest BCUT2D eigenvalue weighted by Gasteiger charge is -2.34. The van der Waals surface area contributed by atoms with Gasteiger partial charge in [-0.2, -0.15) is 0 Å². The van der Waals surface area contributed by atoms with E-state index in [1.807, 2.05) is 18.7 Å². The van der Waals surface area contributed by atoms with Crippen molar-refractivity contribution in [2.45, 2.75) is 26.1 Å². The van der Waals surface area contributed by atoms with Crippen molar-refractivity contribution in [3.8, 4) is 0 Å². The molecule has 1 aromatic carbocycles. The van der Waals surface area contributed by atoms with E-state index in [-0.39, 0.29) is 30.3 Å². The molecule has 0 radical (unpaired) electrons. The van der Waals surface area contributed by atoms with Gasteiger partial charge in [-0.25, -0.2) is 4.98 Å². The van der Waals surface area contributed by atoms with Gasteiger partial charge in [0.05, 0.1) is 33.9 Å². The molecule has 2 heterocycles. The number of carbonyl (C=O) groups excluding carboxylic acids is 1. The number of morpholine rings is 1. The van der Waals surface area contributed by atoms with E-state index < -0.39 is 4.92 Å². The van der Waals surface area contributed by atoms with Crippen LogP contribution in [-0.2, 0) is 9.53 Å². The highest BCUT2D eigenvalue weighted by Gasteiger charge is 2.24. The molecule has 3 rings (SSSR count). The smallest absolute Gasteiger partial charge is 0.270 e. The molecule has 2 aromatic rings. The fourth-order valence-corrected chi connectivity index (χ4v) is 3.77. The number of aromatic nitrogens is 1. The molecular weight excluding hydrogens is 332 g/mol. The van der Waals surface area contributed by atoms with Gasteiger partial charge < -0.3 is 10.1 Å². The molecule has 8 nitrogen and oxygen atoms in total. The van der Waals surface area contributed by atoms with Crippen molar-refractivity contribution in [3.63, 3.8) is 0 Å². The highest BCUT2D eigenvalue weighted by atomic mass is 32.1. The standard InChI is InChI=1S/C15H18N4O4S/c1-9-6-18(7-10(2)23-9)8-14(20)17-15-16-12-4-3-11(19(21)22)5-13(12)24-15/h3-5,9-10H,6-8H2,1-2H3,(H,16,17,20). The Morgan fingerprint density at radius 2 is 2.17 bits per heavy atom. The number of benzene rings is 1. The van der Waals surface area contributed by atoms with E-state index in [0.29, 0.717) is 28.4 Å². The van der Waals surface area contributed by atoms with Crippen LogP contribution in [0.1, 0.15) is 13.8 Å². The molecule has 1 fully saturated rings. The summed E-state index contributed by atoms with van der Waals surface area (Å²) >= 11 is 1.23. The van der Waals surface area contributed by atoms with E-state index in [2.05, 4.69) is 10.3 Å². The Morgan fingerprint density at radius 3 is 2.83 bits per heavy atom. The van der Waals surface area contributed by atoms with Crippen LogP contribution >= 0.6 is 11.3 Å². The molecule has 2 atom stereocenters. The number of nitrogens with one attached hydrogen (secondary N) is 1. The van der Waals surface area contributed by atoms with Gasteiger partial charge in [0.2, 0.25) is 5.91 Å². The lowest BCUT2D eigenvalue weighted by molar-refractivity contribution is -0.384. The zero-order chi connectivity index (χ0) is 17.3. The number of hydrogen-bond donors (Lipinski definition) is 1. The number of amides is 1. The van der Waals surface area contributed by atoms with E-state index in [4.69, 9.17) is 4.74 Å². The minimum absolute atomic E-state index is 0.0142. The van der Waals surface area contributed by atoms with E-state index in [9.17, 15) is 14.9 Å². The van der Waals surface area contributed by atoms with Crippen molar-refractivity contribution < 1.29 is 14.5 Å². The second kappa shape index (κ2) is 6.80. The minimum atomic E-state index is -0.446. The Bertz CT molecular complexity index is 768. The van der Waals surface area contributed by atoms with Crippen LogP contribution in [0.2, 0.25) is 0 Å². The molecular formula is C15H18N4O4S. The molecule has 0 bridgehead atoms. The summed E-state index contributed by atoms with van der Waals surface area (Å²) in [4.78, 5) is 28.9. The molecule has 1 aliphatic heterocycles. The van der Waals surface area contributed by atoms with Crippen molar-refractivity contribution in [2.24, 2.45) is 0 Å². The number of anilines is 1. The molecule has 1 aliphatic rings. The average molecular weight is 350 g/mol. The lowest BCUT2D eigenvalue weighted by Crippen LogP contribution is -2.48. The Hall–Kier alpha value is -2.10. The summed E-state index contributed by atoms with van der Waals surface area (Å²) < 4.78 is 6.32. The molecule has 1 saturated heterocycles. The normalized spacial score (nSPS) is 21.8. The van der Waals surface area contributed by atoms with Crippen molar-refractivity contribution in [2.75, 3.05) is 25.0 Å². The van der Waals surface area contributed by atoms with E-state index in [0.717, 1.165) is 0 Å². The number of rotatable bonds is 4. The number of non-ortho nitro benzene ring substituents is 1. The number of nitrogens with zero attached hydrogens (tertiary/aromatic N) is 3. The van der Waals surface area contributed by atoms with Gasteiger partial charge in [-0.05, 0) is 19.9 Å². The molecule has 1 N–H and O–H groups in total. The number of ether oxygens (including phenoxy) is 1. The number of hydrogen-bond acceptors (Lipinski definition) is 7. The maximum absolute atomic E-state index is 12.2. The van der Waals surface area contributed by atoms with Gasteiger partial charge in [0, 0.05) is 25.2 Å². The highest BCUT2D eigenvalue weighted by molar-refractivity contribution is 7.22. The number of fused-ring (bicyclic) bond motifs is 1. The fraction of sp³-hybridized carbons (Fsp3) is 0.467. The van der Waals surface area contributed by atoms with Gasteiger partial charge in [0.1, 0.15) is 0 Å². The first-order chi connectivity index (χ1) is 11.4. The summed E-state index contributed by atoms with van der Waals surface area (Å²) in [5, 5.41) is 14.0. The number of thiazole rings is 1.